The zero-order valence-electron chi connectivity index (χ0n) is 11.7. The van der Waals surface area contributed by atoms with Crippen molar-refractivity contribution < 1.29 is 9.53 Å². The quantitative estimate of drug-likeness (QED) is 0.771. The normalized spacial score (nSPS) is 22.1. The lowest BCUT2D eigenvalue weighted by Gasteiger charge is -2.40. The number of hydrogen-bond donors (Lipinski definition) is 0. The Labute approximate surface area is 113 Å². The fourth-order valence-electron chi connectivity index (χ4n) is 3.17. The van der Waals surface area contributed by atoms with E-state index in [1.54, 1.807) is 4.68 Å². The monoisotopic (exact) mass is 263 g/mol. The smallest absolute Gasteiger partial charge is 0.274 e. The van der Waals surface area contributed by atoms with Gasteiger partial charge in [0.2, 0.25) is 0 Å². The third kappa shape index (κ3) is 2.27. The Morgan fingerprint density at radius 2 is 2.16 bits per heavy atom. The maximum absolute atomic E-state index is 12.5. The maximum atomic E-state index is 12.5. The van der Waals surface area contributed by atoms with Crippen LogP contribution in [0.4, 0.5) is 0 Å². The summed E-state index contributed by atoms with van der Waals surface area (Å²) < 4.78 is 7.70. The molecule has 19 heavy (non-hydrogen) atoms. The highest BCUT2D eigenvalue weighted by Crippen LogP contribution is 2.36. The second kappa shape index (κ2) is 4.63. The molecule has 0 N–H and O–H groups in total. The van der Waals surface area contributed by atoms with Crippen LogP contribution in [0.2, 0.25) is 0 Å². The second-order valence-electron chi connectivity index (χ2n) is 5.76. The molecule has 5 heteroatoms. The van der Waals surface area contributed by atoms with Crippen LogP contribution < -0.4 is 0 Å². The lowest BCUT2D eigenvalue weighted by molar-refractivity contribution is -0.0949. The van der Waals surface area contributed by atoms with Crippen molar-refractivity contribution in [1.29, 1.82) is 0 Å². The molecule has 0 unspecified atom stereocenters. The van der Waals surface area contributed by atoms with Gasteiger partial charge in [0.05, 0.1) is 18.8 Å². The van der Waals surface area contributed by atoms with Crippen LogP contribution in [-0.2, 0) is 11.8 Å². The van der Waals surface area contributed by atoms with Crippen molar-refractivity contribution in [3.8, 4) is 0 Å². The van der Waals surface area contributed by atoms with E-state index in [4.69, 9.17) is 4.74 Å². The first-order valence-corrected chi connectivity index (χ1v) is 7.04. The number of ether oxygens (including phenoxy) is 1. The van der Waals surface area contributed by atoms with Gasteiger partial charge in [-0.25, -0.2) is 0 Å². The average molecular weight is 263 g/mol. The Morgan fingerprint density at radius 1 is 1.42 bits per heavy atom. The number of hydrogen-bond acceptors (Lipinski definition) is 3. The van der Waals surface area contributed by atoms with Gasteiger partial charge in [0.25, 0.3) is 5.91 Å². The molecular weight excluding hydrogens is 242 g/mol. The fourth-order valence-corrected chi connectivity index (χ4v) is 3.17. The number of carbonyl (C=O) groups excluding carboxylic acids is 1. The van der Waals surface area contributed by atoms with Crippen LogP contribution in [0.25, 0.3) is 0 Å². The molecule has 1 aromatic rings. The molecule has 1 amide bonds. The summed E-state index contributed by atoms with van der Waals surface area (Å²) in [4.78, 5) is 14.4. The molecule has 1 aliphatic heterocycles. The third-order valence-electron chi connectivity index (χ3n) is 4.38. The fraction of sp³-hybridized carbons (Fsp3) is 0.714. The van der Waals surface area contributed by atoms with Crippen molar-refractivity contribution in [1.82, 2.24) is 14.7 Å². The molecule has 0 radical (unpaired) electrons. The highest BCUT2D eigenvalue weighted by molar-refractivity contribution is 5.92. The van der Waals surface area contributed by atoms with Gasteiger partial charge in [-0.2, -0.15) is 5.10 Å². The summed E-state index contributed by atoms with van der Waals surface area (Å²) in [6.45, 7) is 4.01. The van der Waals surface area contributed by atoms with Gasteiger partial charge >= 0.3 is 0 Å². The first-order valence-electron chi connectivity index (χ1n) is 7.04. The summed E-state index contributed by atoms with van der Waals surface area (Å²) >= 11 is 0. The summed E-state index contributed by atoms with van der Waals surface area (Å²) in [5, 5.41) is 4.29. The minimum absolute atomic E-state index is 0.0401. The minimum atomic E-state index is -0.0717. The van der Waals surface area contributed by atoms with Gasteiger partial charge in [-0.3, -0.25) is 9.48 Å². The summed E-state index contributed by atoms with van der Waals surface area (Å²) in [6.07, 6.45) is 4.59. The van der Waals surface area contributed by atoms with E-state index in [9.17, 15) is 4.79 Å². The Kier molecular flexibility index (Phi) is 3.09. The van der Waals surface area contributed by atoms with Crippen molar-refractivity contribution in [2.75, 3.05) is 19.7 Å². The second-order valence-corrected chi connectivity index (χ2v) is 5.76. The molecule has 1 aliphatic carbocycles. The number of carbonyl (C=O) groups is 1. The van der Waals surface area contributed by atoms with Gasteiger partial charge in [-0.15, -0.1) is 0 Å². The zero-order chi connectivity index (χ0) is 13.5. The Hall–Kier alpha value is -1.36. The third-order valence-corrected chi connectivity index (χ3v) is 4.38. The van der Waals surface area contributed by atoms with Gasteiger partial charge in [-0.05, 0) is 25.8 Å². The molecule has 1 aromatic heterocycles. The molecule has 0 atom stereocenters. The Balaban J connectivity index is 1.76. The first-order chi connectivity index (χ1) is 9.10. The molecule has 104 valence electrons. The molecular formula is C14H21N3O2. The van der Waals surface area contributed by atoms with Crippen molar-refractivity contribution in [2.45, 2.75) is 38.2 Å². The maximum Gasteiger partial charge on any atom is 0.274 e. The van der Waals surface area contributed by atoms with E-state index < -0.39 is 0 Å². The molecule has 1 saturated carbocycles. The minimum Gasteiger partial charge on any atom is -0.371 e. The molecule has 5 nitrogen and oxygen atoms in total. The number of aryl methyl sites for hydroxylation is 2. The predicted octanol–water partition coefficient (Wildman–Crippen LogP) is 1.51. The molecule has 2 aliphatic rings. The van der Waals surface area contributed by atoms with E-state index in [1.807, 2.05) is 24.9 Å². The summed E-state index contributed by atoms with van der Waals surface area (Å²) in [6, 6.07) is 1.86. The van der Waals surface area contributed by atoms with Crippen LogP contribution in [0.3, 0.4) is 0 Å². The van der Waals surface area contributed by atoms with E-state index in [0.717, 1.165) is 25.1 Å². The van der Waals surface area contributed by atoms with Crippen molar-refractivity contribution in [2.24, 2.45) is 7.05 Å². The number of morpholine rings is 1. The van der Waals surface area contributed by atoms with Gasteiger partial charge in [0, 0.05) is 19.3 Å². The molecule has 2 heterocycles. The summed E-state index contributed by atoms with van der Waals surface area (Å²) in [5.41, 5.74) is 1.49. The van der Waals surface area contributed by atoms with Crippen LogP contribution in [0.15, 0.2) is 6.07 Å². The molecule has 2 fully saturated rings. The molecule has 0 bridgehead atoms. The van der Waals surface area contributed by atoms with Crippen LogP contribution in [0.5, 0.6) is 0 Å². The van der Waals surface area contributed by atoms with Gasteiger partial charge in [-0.1, -0.05) is 12.8 Å². The van der Waals surface area contributed by atoms with Crippen LogP contribution in [0, 0.1) is 6.92 Å². The van der Waals surface area contributed by atoms with E-state index in [1.165, 1.54) is 12.8 Å². The van der Waals surface area contributed by atoms with E-state index in [-0.39, 0.29) is 11.5 Å². The van der Waals surface area contributed by atoms with Gasteiger partial charge in [0.15, 0.2) is 5.69 Å². The molecule has 1 saturated heterocycles. The summed E-state index contributed by atoms with van der Waals surface area (Å²) in [5.74, 6) is 0.0401. The largest absolute Gasteiger partial charge is 0.371 e. The van der Waals surface area contributed by atoms with E-state index in [2.05, 4.69) is 5.10 Å². The Bertz CT molecular complexity index is 469. The van der Waals surface area contributed by atoms with E-state index in [0.29, 0.717) is 18.8 Å². The summed E-state index contributed by atoms with van der Waals surface area (Å²) in [7, 11) is 1.86. The molecule has 3 rings (SSSR count). The van der Waals surface area contributed by atoms with Crippen molar-refractivity contribution >= 4 is 5.91 Å². The van der Waals surface area contributed by atoms with E-state index >= 15 is 0 Å². The van der Waals surface area contributed by atoms with Gasteiger partial charge < -0.3 is 9.64 Å². The highest BCUT2D eigenvalue weighted by atomic mass is 16.5. The average Bonchev–Trinajstić information content (AvgIpc) is 2.97. The number of nitrogens with zero attached hydrogens (tertiary/aromatic N) is 3. The van der Waals surface area contributed by atoms with Crippen LogP contribution in [0.1, 0.15) is 41.9 Å². The zero-order valence-corrected chi connectivity index (χ0v) is 11.7. The topological polar surface area (TPSA) is 47.4 Å². The number of aromatic nitrogens is 2. The van der Waals surface area contributed by atoms with Crippen molar-refractivity contribution in [3.63, 3.8) is 0 Å². The first kappa shape index (κ1) is 12.7. The molecule has 1 spiro atoms. The molecule has 0 aromatic carbocycles. The van der Waals surface area contributed by atoms with Crippen LogP contribution >= 0.6 is 0 Å². The lowest BCUT2D eigenvalue weighted by atomic mass is 9.99. The number of amides is 1. The van der Waals surface area contributed by atoms with Crippen molar-refractivity contribution in [3.05, 3.63) is 17.5 Å². The lowest BCUT2D eigenvalue weighted by Crippen LogP contribution is -2.52. The highest BCUT2D eigenvalue weighted by Gasteiger charge is 2.41. The predicted molar refractivity (Wildman–Crippen MR) is 71.0 cm³/mol. The van der Waals surface area contributed by atoms with Gasteiger partial charge in [0.1, 0.15) is 0 Å². The Morgan fingerprint density at radius 3 is 2.79 bits per heavy atom. The SMILES string of the molecule is Cc1cc(C(=O)N2CCOC3(CCCC3)C2)nn1C. The number of rotatable bonds is 1. The van der Waals surface area contributed by atoms with Crippen LogP contribution in [-0.4, -0.2) is 45.9 Å². The standard InChI is InChI=1S/C14H21N3O2/c1-11-9-12(15-16(11)2)13(18)17-7-8-19-14(10-17)5-3-4-6-14/h9H,3-8,10H2,1-2H3.